The van der Waals surface area contributed by atoms with E-state index in [9.17, 15) is 18.0 Å². The summed E-state index contributed by atoms with van der Waals surface area (Å²) in [5, 5.41) is 0. The summed E-state index contributed by atoms with van der Waals surface area (Å²) in [5.74, 6) is -2.65. The van der Waals surface area contributed by atoms with Gasteiger partial charge in [-0.3, -0.25) is 4.79 Å². The van der Waals surface area contributed by atoms with Crippen LogP contribution < -0.4 is 4.74 Å². The number of amides is 1. The van der Waals surface area contributed by atoms with Gasteiger partial charge in [-0.1, -0.05) is 12.1 Å². The number of methoxy groups -OCH3 is 1. The van der Waals surface area contributed by atoms with Gasteiger partial charge in [0.2, 0.25) is 0 Å². The summed E-state index contributed by atoms with van der Waals surface area (Å²) in [7, 11) is 1.57. The Labute approximate surface area is 194 Å². The fourth-order valence-electron chi connectivity index (χ4n) is 4.69. The van der Waals surface area contributed by atoms with E-state index >= 15 is 0 Å². The average molecular weight is 465 g/mol. The Kier molecular flexibility index (Phi) is 5.51. The molecule has 0 aliphatic carbocycles. The van der Waals surface area contributed by atoms with Gasteiger partial charge in [0.05, 0.1) is 30.9 Å². The SMILES string of the molecule is COc1cc(C=C2CC=C3CC[C@@H](c4c(F)cc(F)cc4F)N3C2=O)ccc1-n1cnc(C)c1. The van der Waals surface area contributed by atoms with E-state index in [0.29, 0.717) is 42.7 Å². The Balaban J connectivity index is 1.48. The predicted molar refractivity (Wildman–Crippen MR) is 121 cm³/mol. The Morgan fingerprint density at radius 1 is 1.15 bits per heavy atom. The molecule has 5 nitrogen and oxygen atoms in total. The second kappa shape index (κ2) is 8.52. The number of rotatable bonds is 4. The molecule has 0 radical (unpaired) electrons. The third-order valence-electron chi connectivity index (χ3n) is 6.26. The molecule has 1 atom stereocenters. The minimum absolute atomic E-state index is 0.277. The van der Waals surface area contributed by atoms with E-state index in [2.05, 4.69) is 4.98 Å². The number of nitrogens with zero attached hydrogens (tertiary/aromatic N) is 3. The van der Waals surface area contributed by atoms with Crippen LogP contribution in [0.2, 0.25) is 0 Å². The number of carbonyl (C=O) groups excluding carboxylic acids is 1. The summed E-state index contributed by atoms with van der Waals surface area (Å²) < 4.78 is 49.8. The fourth-order valence-corrected chi connectivity index (χ4v) is 4.69. The van der Waals surface area contributed by atoms with Gasteiger partial charge < -0.3 is 14.2 Å². The van der Waals surface area contributed by atoms with Crippen LogP contribution in [0.5, 0.6) is 5.75 Å². The highest BCUT2D eigenvalue weighted by Gasteiger charge is 2.40. The third kappa shape index (κ3) is 3.79. The zero-order valence-electron chi connectivity index (χ0n) is 18.7. The van der Waals surface area contributed by atoms with E-state index in [1.807, 2.05) is 42.0 Å². The number of aromatic nitrogens is 2. The maximum Gasteiger partial charge on any atom is 0.254 e. The number of halogens is 3. The summed E-state index contributed by atoms with van der Waals surface area (Å²) in [5.41, 5.74) is 3.39. The molecule has 34 heavy (non-hydrogen) atoms. The lowest BCUT2D eigenvalue weighted by Crippen LogP contribution is -2.33. The van der Waals surface area contributed by atoms with Crippen LogP contribution in [-0.4, -0.2) is 27.5 Å². The third-order valence-corrected chi connectivity index (χ3v) is 6.26. The molecule has 1 amide bonds. The van der Waals surface area contributed by atoms with Crippen LogP contribution in [0.3, 0.4) is 0 Å². The smallest absolute Gasteiger partial charge is 0.254 e. The van der Waals surface area contributed by atoms with Crippen LogP contribution in [0.15, 0.2) is 60.2 Å². The summed E-state index contributed by atoms with van der Waals surface area (Å²) >= 11 is 0. The van der Waals surface area contributed by atoms with Gasteiger partial charge in [0.15, 0.2) is 0 Å². The highest BCUT2D eigenvalue weighted by atomic mass is 19.1. The Morgan fingerprint density at radius 3 is 2.59 bits per heavy atom. The average Bonchev–Trinajstić information content (AvgIpc) is 3.42. The quantitative estimate of drug-likeness (QED) is 0.469. The Bertz CT molecular complexity index is 1340. The Hall–Kier alpha value is -3.81. The Morgan fingerprint density at radius 2 is 1.91 bits per heavy atom. The van der Waals surface area contributed by atoms with Gasteiger partial charge in [0, 0.05) is 35.2 Å². The van der Waals surface area contributed by atoms with E-state index < -0.39 is 23.5 Å². The van der Waals surface area contributed by atoms with E-state index in [4.69, 9.17) is 4.74 Å². The monoisotopic (exact) mass is 465 g/mol. The van der Waals surface area contributed by atoms with Crippen molar-refractivity contribution >= 4 is 12.0 Å². The molecule has 0 bridgehead atoms. The number of allylic oxidation sites excluding steroid dienone is 2. The first kappa shape index (κ1) is 22.0. The van der Waals surface area contributed by atoms with Gasteiger partial charge in [-0.2, -0.15) is 0 Å². The van der Waals surface area contributed by atoms with Gasteiger partial charge >= 0.3 is 0 Å². The van der Waals surface area contributed by atoms with Crippen molar-refractivity contribution in [1.82, 2.24) is 14.5 Å². The molecule has 0 unspecified atom stereocenters. The van der Waals surface area contributed by atoms with Crippen LogP contribution in [-0.2, 0) is 4.79 Å². The first-order valence-electron chi connectivity index (χ1n) is 10.9. The normalized spacial score (nSPS) is 18.9. The molecular formula is C26H22F3N3O2. The van der Waals surface area contributed by atoms with Crippen molar-refractivity contribution in [3.63, 3.8) is 0 Å². The van der Waals surface area contributed by atoms with Crippen LogP contribution >= 0.6 is 0 Å². The number of fused-ring (bicyclic) bond motifs is 1. The first-order chi connectivity index (χ1) is 16.4. The lowest BCUT2D eigenvalue weighted by Gasteiger charge is -2.30. The van der Waals surface area contributed by atoms with Crippen molar-refractivity contribution in [1.29, 1.82) is 0 Å². The van der Waals surface area contributed by atoms with Gasteiger partial charge in [-0.25, -0.2) is 18.2 Å². The molecule has 2 aliphatic heterocycles. The molecule has 174 valence electrons. The van der Waals surface area contributed by atoms with E-state index in [0.717, 1.165) is 22.6 Å². The lowest BCUT2D eigenvalue weighted by molar-refractivity contribution is -0.126. The number of hydrogen-bond acceptors (Lipinski definition) is 3. The maximum absolute atomic E-state index is 14.5. The van der Waals surface area contributed by atoms with Crippen molar-refractivity contribution in [2.24, 2.45) is 0 Å². The number of imidazole rings is 1. The molecule has 3 aromatic rings. The minimum atomic E-state index is -0.985. The molecule has 2 aliphatic rings. The molecular weight excluding hydrogens is 443 g/mol. The molecule has 0 N–H and O–H groups in total. The first-order valence-corrected chi connectivity index (χ1v) is 10.9. The number of ether oxygens (including phenoxy) is 1. The summed E-state index contributed by atoms with van der Waals surface area (Å²) in [6.07, 6.45) is 8.55. The number of benzene rings is 2. The second-order valence-corrected chi connectivity index (χ2v) is 8.44. The minimum Gasteiger partial charge on any atom is -0.495 e. The summed E-state index contributed by atoms with van der Waals surface area (Å²) in [6.45, 7) is 1.90. The number of carbonyl (C=O) groups is 1. The molecule has 2 aromatic carbocycles. The predicted octanol–water partition coefficient (Wildman–Crippen LogP) is 5.64. The van der Waals surface area contributed by atoms with Crippen molar-refractivity contribution in [2.45, 2.75) is 32.2 Å². The van der Waals surface area contributed by atoms with Gasteiger partial charge in [-0.05, 0) is 50.0 Å². The molecule has 0 saturated carbocycles. The zero-order chi connectivity index (χ0) is 24.0. The fraction of sp³-hybridized carbons (Fsp3) is 0.231. The van der Waals surface area contributed by atoms with E-state index in [-0.39, 0.29) is 11.5 Å². The largest absolute Gasteiger partial charge is 0.495 e. The van der Waals surface area contributed by atoms with E-state index in [1.54, 1.807) is 19.5 Å². The van der Waals surface area contributed by atoms with Crippen LogP contribution in [0.4, 0.5) is 13.2 Å². The van der Waals surface area contributed by atoms with Crippen molar-refractivity contribution in [3.8, 4) is 11.4 Å². The lowest BCUT2D eigenvalue weighted by atomic mass is 9.99. The van der Waals surface area contributed by atoms with Gasteiger partial charge in [-0.15, -0.1) is 0 Å². The van der Waals surface area contributed by atoms with Gasteiger partial charge in [0.1, 0.15) is 23.2 Å². The molecule has 5 rings (SSSR count). The molecule has 1 aromatic heterocycles. The standard InChI is InChI=1S/C26H22F3N3O2/c1-15-13-31(14-30-15)22-7-3-16(10-24(22)34-2)9-17-4-5-19-6-8-23(32(19)26(17)33)25-20(28)11-18(27)12-21(25)29/h3,5,7,9-14,23H,4,6,8H2,1-2H3/t23-/m0/s1. The highest BCUT2D eigenvalue weighted by Crippen LogP contribution is 2.44. The maximum atomic E-state index is 14.5. The molecule has 1 saturated heterocycles. The highest BCUT2D eigenvalue weighted by molar-refractivity contribution is 6.00. The van der Waals surface area contributed by atoms with Crippen molar-refractivity contribution < 1.29 is 22.7 Å². The van der Waals surface area contributed by atoms with Crippen molar-refractivity contribution in [3.05, 3.63) is 94.5 Å². The second-order valence-electron chi connectivity index (χ2n) is 8.44. The molecule has 3 heterocycles. The van der Waals surface area contributed by atoms with Crippen LogP contribution in [0.25, 0.3) is 11.8 Å². The topological polar surface area (TPSA) is 47.4 Å². The van der Waals surface area contributed by atoms with Crippen LogP contribution in [0.1, 0.15) is 42.1 Å². The van der Waals surface area contributed by atoms with Crippen molar-refractivity contribution in [2.75, 3.05) is 7.11 Å². The van der Waals surface area contributed by atoms with Crippen LogP contribution in [0, 0.1) is 24.4 Å². The van der Waals surface area contributed by atoms with Gasteiger partial charge in [0.25, 0.3) is 5.91 Å². The summed E-state index contributed by atoms with van der Waals surface area (Å²) in [4.78, 5) is 19.1. The molecule has 0 spiro atoms. The zero-order valence-corrected chi connectivity index (χ0v) is 18.7. The molecule has 1 fully saturated rings. The number of hydrogen-bond donors (Lipinski definition) is 0. The van der Waals surface area contributed by atoms with E-state index in [1.165, 1.54) is 4.90 Å². The summed E-state index contributed by atoms with van der Waals surface area (Å²) in [6, 6.07) is 6.06. The molecule has 8 heteroatoms. The number of aryl methyl sites for hydroxylation is 1.